The van der Waals surface area contributed by atoms with E-state index in [1.807, 2.05) is 31.2 Å². The van der Waals surface area contributed by atoms with E-state index >= 15 is 0 Å². The lowest BCUT2D eigenvalue weighted by Gasteiger charge is -2.27. The number of benzene rings is 7. The zero-order valence-electron chi connectivity index (χ0n) is 28.8. The number of fused-ring (bicyclic) bond motifs is 6. The minimum atomic E-state index is -0.306. The second kappa shape index (κ2) is 12.7. The number of rotatable bonds is 4. The highest BCUT2D eigenvalue weighted by molar-refractivity contribution is 6.17. The molecule has 1 aromatic heterocycles. The number of ether oxygens (including phenoxy) is 1. The van der Waals surface area contributed by atoms with Crippen molar-refractivity contribution in [1.82, 2.24) is 4.57 Å². The molecular formula is C47H38N2O2. The Kier molecular flexibility index (Phi) is 7.73. The minimum absolute atomic E-state index is 0.251. The summed E-state index contributed by atoms with van der Waals surface area (Å²) in [6, 6.07) is 51.6. The molecule has 0 radical (unpaired) electrons. The number of carbonyl (C=O) groups excluding carboxylic acids is 1. The van der Waals surface area contributed by atoms with Crippen LogP contribution in [0.15, 0.2) is 151 Å². The maximum absolute atomic E-state index is 13.3. The maximum Gasteiger partial charge on any atom is 0.338 e. The molecule has 4 heteroatoms. The fourth-order valence-electron chi connectivity index (χ4n) is 8.24. The van der Waals surface area contributed by atoms with Crippen LogP contribution in [0.3, 0.4) is 0 Å². The number of hydrogen-bond acceptors (Lipinski definition) is 3. The predicted molar refractivity (Wildman–Crippen MR) is 211 cm³/mol. The fourth-order valence-corrected chi connectivity index (χ4v) is 8.24. The summed E-state index contributed by atoms with van der Waals surface area (Å²) in [6.07, 6.45) is 1.86. The van der Waals surface area contributed by atoms with Crippen LogP contribution in [0.5, 0.6) is 0 Å². The zero-order valence-corrected chi connectivity index (χ0v) is 28.8. The summed E-state index contributed by atoms with van der Waals surface area (Å²) in [5.74, 6) is 1.37. The van der Waals surface area contributed by atoms with Gasteiger partial charge in [0.05, 0.1) is 28.9 Å². The van der Waals surface area contributed by atoms with Gasteiger partial charge >= 0.3 is 5.97 Å². The van der Waals surface area contributed by atoms with E-state index in [2.05, 4.69) is 133 Å². The van der Waals surface area contributed by atoms with Gasteiger partial charge in [-0.3, -0.25) is 4.57 Å². The second-order valence-corrected chi connectivity index (χ2v) is 13.8. The van der Waals surface area contributed by atoms with Crippen LogP contribution in [0.4, 0.5) is 5.69 Å². The first-order valence-corrected chi connectivity index (χ1v) is 18.0. The second-order valence-electron chi connectivity index (χ2n) is 13.8. The van der Waals surface area contributed by atoms with E-state index in [1.54, 1.807) is 0 Å². The molecule has 0 fully saturated rings. The first kappa shape index (κ1) is 31.0. The summed E-state index contributed by atoms with van der Waals surface area (Å²) in [6.45, 7) is 4.53. The highest BCUT2D eigenvalue weighted by Gasteiger charge is 2.27. The van der Waals surface area contributed by atoms with Crippen LogP contribution in [0.25, 0.3) is 54.5 Å². The average Bonchev–Trinajstić information content (AvgIpc) is 3.49. The molecule has 51 heavy (non-hydrogen) atoms. The van der Waals surface area contributed by atoms with E-state index in [-0.39, 0.29) is 11.9 Å². The minimum Gasteiger partial charge on any atom is -0.462 e. The van der Waals surface area contributed by atoms with Crippen molar-refractivity contribution in [3.8, 4) is 11.1 Å². The first-order chi connectivity index (χ1) is 25.1. The van der Waals surface area contributed by atoms with Gasteiger partial charge in [-0.2, -0.15) is 0 Å². The third kappa shape index (κ3) is 5.39. The van der Waals surface area contributed by atoms with Crippen LogP contribution in [-0.4, -0.2) is 23.0 Å². The molecule has 0 bridgehead atoms. The van der Waals surface area contributed by atoms with E-state index in [4.69, 9.17) is 9.73 Å². The van der Waals surface area contributed by atoms with Crippen LogP contribution in [0.2, 0.25) is 0 Å². The van der Waals surface area contributed by atoms with Gasteiger partial charge in [0.25, 0.3) is 0 Å². The Balaban J connectivity index is 1.23. The van der Waals surface area contributed by atoms with Crippen LogP contribution in [0, 0.1) is 5.92 Å². The Labute approximate surface area is 297 Å². The van der Waals surface area contributed by atoms with Gasteiger partial charge in [-0.1, -0.05) is 122 Å². The van der Waals surface area contributed by atoms with E-state index in [9.17, 15) is 4.79 Å². The smallest absolute Gasteiger partial charge is 0.338 e. The van der Waals surface area contributed by atoms with Crippen LogP contribution in [0.1, 0.15) is 54.1 Å². The fraction of sp³-hybridized carbons (Fsp3) is 0.149. The number of aromatic nitrogens is 1. The lowest BCUT2D eigenvalue weighted by Crippen LogP contribution is -2.19. The topological polar surface area (TPSA) is 43.6 Å². The zero-order chi connectivity index (χ0) is 34.5. The van der Waals surface area contributed by atoms with Crippen molar-refractivity contribution in [3.05, 3.63) is 162 Å². The summed E-state index contributed by atoms with van der Waals surface area (Å²) >= 11 is 0. The highest BCUT2D eigenvalue weighted by atomic mass is 16.5. The molecule has 7 aromatic carbocycles. The Morgan fingerprint density at radius 3 is 2.27 bits per heavy atom. The monoisotopic (exact) mass is 662 g/mol. The largest absolute Gasteiger partial charge is 0.462 e. The van der Waals surface area contributed by atoms with E-state index in [0.717, 1.165) is 68.1 Å². The van der Waals surface area contributed by atoms with Crippen molar-refractivity contribution < 1.29 is 9.53 Å². The molecule has 0 saturated carbocycles. The third-order valence-corrected chi connectivity index (χ3v) is 10.6. The summed E-state index contributed by atoms with van der Waals surface area (Å²) in [5.41, 5.74) is 8.33. The van der Waals surface area contributed by atoms with E-state index in [0.29, 0.717) is 18.1 Å². The molecule has 0 spiro atoms. The van der Waals surface area contributed by atoms with Crippen molar-refractivity contribution in [1.29, 1.82) is 0 Å². The molecule has 8 aromatic rings. The summed E-state index contributed by atoms with van der Waals surface area (Å²) in [7, 11) is 0. The van der Waals surface area contributed by atoms with Gasteiger partial charge in [0, 0.05) is 28.7 Å². The molecule has 0 saturated heterocycles. The Bertz CT molecular complexity index is 2660. The normalized spacial score (nSPS) is 16.2. The summed E-state index contributed by atoms with van der Waals surface area (Å²) in [4.78, 5) is 18.8. The van der Waals surface area contributed by atoms with Gasteiger partial charge in [-0.15, -0.1) is 0 Å². The Morgan fingerprint density at radius 2 is 1.41 bits per heavy atom. The standard InChI is InChI=1S/C47H38N2O2/c1-3-51-47(50)39-24-22-32-13-6-7-15-36(32)46(39)35-23-25-44-41(29-35)38-17-9-11-19-43(38)49(44)45-27-30(2)26-40(37-16-8-10-18-42(37)48-45)34-21-20-31-12-4-5-14-33(31)28-34/h4-25,28-30,40H,3,26-27H2,1-2H3. The molecular weight excluding hydrogens is 625 g/mol. The van der Waals surface area contributed by atoms with E-state index in [1.165, 1.54) is 21.9 Å². The van der Waals surface area contributed by atoms with Gasteiger partial charge in [0.2, 0.25) is 0 Å². The number of aliphatic imine (C=N–C) groups is 1. The van der Waals surface area contributed by atoms with E-state index < -0.39 is 0 Å². The highest BCUT2D eigenvalue weighted by Crippen LogP contribution is 2.42. The Hall–Kier alpha value is -6.00. The number of nitrogens with zero attached hydrogens (tertiary/aromatic N) is 2. The van der Waals surface area contributed by atoms with Gasteiger partial charge < -0.3 is 4.74 Å². The number of carbonyl (C=O) groups is 1. The summed E-state index contributed by atoms with van der Waals surface area (Å²) < 4.78 is 7.91. The molecule has 9 rings (SSSR count). The van der Waals surface area contributed by atoms with Crippen molar-refractivity contribution in [2.45, 2.75) is 32.6 Å². The lowest BCUT2D eigenvalue weighted by molar-refractivity contribution is 0.0527. The first-order valence-electron chi connectivity index (χ1n) is 18.0. The number of esters is 1. The quantitative estimate of drug-likeness (QED) is 0.176. The van der Waals surface area contributed by atoms with Crippen LogP contribution >= 0.6 is 0 Å². The van der Waals surface area contributed by atoms with Crippen molar-refractivity contribution in [2.24, 2.45) is 10.9 Å². The SMILES string of the molecule is CCOC(=O)c1ccc2ccccc2c1-c1ccc2c(c1)c1ccccc1n2C1=Nc2ccccc2C(c2ccc3ccccc3c2)CC(C)C1. The number of para-hydroxylation sites is 2. The molecule has 248 valence electrons. The molecule has 0 amide bonds. The molecule has 2 atom stereocenters. The summed E-state index contributed by atoms with van der Waals surface area (Å²) in [5, 5.41) is 6.94. The average molecular weight is 663 g/mol. The Morgan fingerprint density at radius 1 is 0.706 bits per heavy atom. The molecule has 2 unspecified atom stereocenters. The van der Waals surface area contributed by atoms with Gasteiger partial charge in [-0.05, 0) is 87.8 Å². The molecule has 1 aliphatic heterocycles. The maximum atomic E-state index is 13.3. The van der Waals surface area contributed by atoms with Gasteiger partial charge in [-0.25, -0.2) is 9.79 Å². The predicted octanol–water partition coefficient (Wildman–Crippen LogP) is 12.1. The van der Waals surface area contributed by atoms with Crippen LogP contribution < -0.4 is 0 Å². The molecule has 0 aliphatic carbocycles. The lowest BCUT2D eigenvalue weighted by atomic mass is 9.81. The van der Waals surface area contributed by atoms with Crippen molar-refractivity contribution in [3.63, 3.8) is 0 Å². The van der Waals surface area contributed by atoms with Crippen molar-refractivity contribution in [2.75, 3.05) is 6.61 Å². The molecule has 4 nitrogen and oxygen atoms in total. The molecule has 0 N–H and O–H groups in total. The van der Waals surface area contributed by atoms with Gasteiger partial charge in [0.15, 0.2) is 0 Å². The molecule has 1 aliphatic rings. The third-order valence-electron chi connectivity index (χ3n) is 10.6. The molecule has 2 heterocycles. The van der Waals surface area contributed by atoms with Crippen molar-refractivity contribution >= 4 is 60.8 Å². The van der Waals surface area contributed by atoms with Crippen LogP contribution in [-0.2, 0) is 4.74 Å². The number of hydrogen-bond donors (Lipinski definition) is 0. The van der Waals surface area contributed by atoms with Gasteiger partial charge in [0.1, 0.15) is 5.84 Å².